The molecule has 4 aromatic rings. The van der Waals surface area contributed by atoms with Crippen molar-refractivity contribution in [2.75, 3.05) is 26.0 Å². The third-order valence-electron chi connectivity index (χ3n) is 6.60. The molecule has 11 heteroatoms. The van der Waals surface area contributed by atoms with Gasteiger partial charge in [-0.05, 0) is 38.7 Å². The molecule has 38 heavy (non-hydrogen) atoms. The molecule has 0 bridgehead atoms. The van der Waals surface area contributed by atoms with Crippen molar-refractivity contribution in [3.63, 3.8) is 0 Å². The number of pyridine rings is 1. The number of hydrogen-bond donors (Lipinski definition) is 2. The highest BCUT2D eigenvalue weighted by atomic mass is 16.5. The molecular weight excluding hydrogens is 484 g/mol. The highest BCUT2D eigenvalue weighted by Crippen LogP contribution is 2.29. The van der Waals surface area contributed by atoms with E-state index in [1.165, 1.54) is 18.5 Å². The van der Waals surface area contributed by atoms with Crippen molar-refractivity contribution in [1.29, 1.82) is 0 Å². The van der Waals surface area contributed by atoms with Gasteiger partial charge in [-0.15, -0.1) is 0 Å². The van der Waals surface area contributed by atoms with E-state index in [4.69, 9.17) is 15.5 Å². The van der Waals surface area contributed by atoms with Crippen molar-refractivity contribution < 1.29 is 14.3 Å². The van der Waals surface area contributed by atoms with Gasteiger partial charge in [0.2, 0.25) is 5.91 Å². The number of nitrogens with zero attached hydrogens (tertiary/aromatic N) is 6. The third-order valence-corrected chi connectivity index (χ3v) is 6.60. The lowest BCUT2D eigenvalue weighted by Crippen LogP contribution is -2.42. The minimum absolute atomic E-state index is 0.0145. The number of nitrogens with one attached hydrogen (secondary N) is 1. The van der Waals surface area contributed by atoms with E-state index >= 15 is 0 Å². The Morgan fingerprint density at radius 2 is 2.03 bits per heavy atom. The maximum Gasteiger partial charge on any atom is 0.248 e. The Kier molecular flexibility index (Phi) is 8.47. The van der Waals surface area contributed by atoms with Gasteiger partial charge in [0.05, 0.1) is 17.5 Å². The predicted molar refractivity (Wildman–Crippen MR) is 144 cm³/mol. The topological polar surface area (TPSA) is 144 Å². The van der Waals surface area contributed by atoms with Crippen molar-refractivity contribution in [3.8, 4) is 22.6 Å². The highest BCUT2D eigenvalue weighted by molar-refractivity contribution is 6.00. The fraction of sp³-hybridized carbons (Fsp3) is 0.407. The summed E-state index contributed by atoms with van der Waals surface area (Å²) in [7, 11) is 1.52. The first-order valence-corrected chi connectivity index (χ1v) is 12.8. The van der Waals surface area contributed by atoms with Gasteiger partial charge in [0, 0.05) is 49.4 Å². The molecule has 0 saturated carbocycles. The molecule has 0 fully saturated rings. The molecule has 4 heterocycles. The van der Waals surface area contributed by atoms with Crippen molar-refractivity contribution in [2.24, 2.45) is 0 Å². The second kappa shape index (κ2) is 12.0. The average Bonchev–Trinajstić information content (AvgIpc) is 3.59. The van der Waals surface area contributed by atoms with Crippen LogP contribution in [0.3, 0.4) is 0 Å². The molecular formula is C27H34N8O3. The summed E-state index contributed by atoms with van der Waals surface area (Å²) in [5, 5.41) is 4.42. The van der Waals surface area contributed by atoms with Crippen LogP contribution < -0.4 is 5.73 Å². The van der Waals surface area contributed by atoms with Crippen LogP contribution in [-0.2, 0) is 16.0 Å². The number of ether oxygens (including phenoxy) is 1. The summed E-state index contributed by atoms with van der Waals surface area (Å²) in [6, 6.07) is 3.78. The first-order chi connectivity index (χ1) is 18.4. The summed E-state index contributed by atoms with van der Waals surface area (Å²) >= 11 is 0. The Labute approximate surface area is 221 Å². The zero-order chi connectivity index (χ0) is 27.2. The molecule has 4 aromatic heterocycles. The smallest absolute Gasteiger partial charge is 0.248 e. The van der Waals surface area contributed by atoms with Gasteiger partial charge in [0.1, 0.15) is 18.1 Å². The van der Waals surface area contributed by atoms with E-state index in [9.17, 15) is 9.59 Å². The van der Waals surface area contributed by atoms with Crippen LogP contribution in [0.2, 0.25) is 0 Å². The largest absolute Gasteiger partial charge is 0.383 e. The Hall–Kier alpha value is -4.12. The van der Waals surface area contributed by atoms with Gasteiger partial charge >= 0.3 is 0 Å². The van der Waals surface area contributed by atoms with Crippen LogP contribution in [0.25, 0.3) is 28.3 Å². The van der Waals surface area contributed by atoms with E-state index in [-0.39, 0.29) is 30.2 Å². The molecule has 0 aliphatic carbocycles. The lowest BCUT2D eigenvalue weighted by molar-refractivity contribution is -0.137. The van der Waals surface area contributed by atoms with Crippen molar-refractivity contribution >= 4 is 23.2 Å². The number of aromatic nitrogens is 6. The summed E-state index contributed by atoms with van der Waals surface area (Å²) in [6.07, 6.45) is 9.57. The lowest BCUT2D eigenvalue weighted by Gasteiger charge is -2.31. The number of carbonyl (C=O) groups excluding carboxylic acids is 2. The number of amides is 1. The number of imidazole rings is 1. The third kappa shape index (κ3) is 5.42. The van der Waals surface area contributed by atoms with Crippen molar-refractivity contribution in [2.45, 2.75) is 52.5 Å². The highest BCUT2D eigenvalue weighted by Gasteiger charge is 2.25. The SMILES string of the molecule is CCCN(C(=O)COC)[C@H](CC)CCc1nc2c(-c3ccc(-c4ncc[nH]4)nc3)cnn2c(N)c1C(C)=O. The molecule has 3 N–H and O–H groups in total. The van der Waals surface area contributed by atoms with Gasteiger partial charge in [-0.3, -0.25) is 14.6 Å². The fourth-order valence-electron chi connectivity index (χ4n) is 4.77. The number of aryl methyl sites for hydroxylation is 1. The van der Waals surface area contributed by atoms with Crippen LogP contribution in [0, 0.1) is 0 Å². The maximum absolute atomic E-state index is 12.7. The molecule has 0 aromatic carbocycles. The number of carbonyl (C=O) groups is 2. The number of rotatable bonds is 12. The van der Waals surface area contributed by atoms with Gasteiger partial charge in [-0.2, -0.15) is 9.61 Å². The lowest BCUT2D eigenvalue weighted by atomic mass is 10.0. The van der Waals surface area contributed by atoms with E-state index < -0.39 is 0 Å². The van der Waals surface area contributed by atoms with Crippen molar-refractivity contribution in [3.05, 3.63) is 48.2 Å². The molecule has 0 unspecified atom stereocenters. The predicted octanol–water partition coefficient (Wildman–Crippen LogP) is 3.56. The Morgan fingerprint density at radius 3 is 2.63 bits per heavy atom. The number of fused-ring (bicyclic) bond motifs is 1. The van der Waals surface area contributed by atoms with Crippen LogP contribution in [0.1, 0.15) is 56.1 Å². The first kappa shape index (κ1) is 26.9. The van der Waals surface area contributed by atoms with Crippen LogP contribution in [0.5, 0.6) is 0 Å². The van der Waals surface area contributed by atoms with Gasteiger partial charge in [-0.1, -0.05) is 19.9 Å². The molecule has 1 amide bonds. The standard InChI is InChI=1S/C27H34N8O3/c1-5-13-34(23(37)16-38-4)19(6-2)8-10-21-24(17(3)36)25(28)35-27(33-21)20(15-32-35)18-7-9-22(31-14-18)26-29-11-12-30-26/h7,9,11-12,14-15,19H,5-6,8,10,13,16,28H2,1-4H3,(H,29,30)/t19-/m1/s1. The average molecular weight is 519 g/mol. The number of aromatic amines is 1. The minimum atomic E-state index is -0.178. The van der Waals surface area contributed by atoms with Gasteiger partial charge in [-0.25, -0.2) is 9.97 Å². The summed E-state index contributed by atoms with van der Waals surface area (Å²) < 4.78 is 6.59. The fourth-order valence-corrected chi connectivity index (χ4v) is 4.77. The quantitative estimate of drug-likeness (QED) is 0.271. The van der Waals surface area contributed by atoms with Crippen molar-refractivity contribution in [1.82, 2.24) is 34.4 Å². The summed E-state index contributed by atoms with van der Waals surface area (Å²) in [4.78, 5) is 43.9. The number of nitrogen functional groups attached to an aromatic ring is 1. The van der Waals surface area contributed by atoms with E-state index in [2.05, 4.69) is 27.0 Å². The number of Topliss-reactive ketones (excluding diaryl/α,β-unsaturated/α-hetero) is 1. The molecule has 1 atom stereocenters. The summed E-state index contributed by atoms with van der Waals surface area (Å²) in [5.74, 6) is 0.707. The Morgan fingerprint density at radius 1 is 1.21 bits per heavy atom. The molecule has 11 nitrogen and oxygen atoms in total. The Bertz CT molecular complexity index is 1400. The van der Waals surface area contributed by atoms with Crippen LogP contribution in [0.15, 0.2) is 36.9 Å². The number of H-pyrrole nitrogens is 1. The normalized spacial score (nSPS) is 12.1. The number of methoxy groups -OCH3 is 1. The van der Waals surface area contributed by atoms with E-state index in [1.54, 1.807) is 24.8 Å². The zero-order valence-electron chi connectivity index (χ0n) is 22.3. The molecule has 0 radical (unpaired) electrons. The summed E-state index contributed by atoms with van der Waals surface area (Å²) in [6.45, 7) is 6.26. The monoisotopic (exact) mass is 518 g/mol. The summed E-state index contributed by atoms with van der Waals surface area (Å²) in [5.41, 5.74) is 10.2. The van der Waals surface area contributed by atoms with Crippen LogP contribution >= 0.6 is 0 Å². The second-order valence-electron chi connectivity index (χ2n) is 9.16. The molecule has 200 valence electrons. The number of anilines is 1. The molecule has 0 saturated heterocycles. The molecule has 0 spiro atoms. The molecule has 0 aliphatic heterocycles. The second-order valence-corrected chi connectivity index (χ2v) is 9.16. The number of hydrogen-bond acceptors (Lipinski definition) is 8. The number of ketones is 1. The van der Waals surface area contributed by atoms with E-state index in [1.807, 2.05) is 24.0 Å². The van der Waals surface area contributed by atoms with Gasteiger partial charge in [0.25, 0.3) is 0 Å². The van der Waals surface area contributed by atoms with E-state index in [0.717, 1.165) is 24.0 Å². The van der Waals surface area contributed by atoms with Crippen LogP contribution in [0.4, 0.5) is 5.82 Å². The van der Waals surface area contributed by atoms with Crippen LogP contribution in [-0.4, -0.2) is 72.4 Å². The zero-order valence-corrected chi connectivity index (χ0v) is 22.3. The molecule has 0 aliphatic rings. The number of nitrogens with two attached hydrogens (primary N) is 1. The first-order valence-electron chi connectivity index (χ1n) is 12.8. The molecule has 4 rings (SSSR count). The van der Waals surface area contributed by atoms with Gasteiger partial charge in [0.15, 0.2) is 17.3 Å². The minimum Gasteiger partial charge on any atom is -0.383 e. The van der Waals surface area contributed by atoms with E-state index in [0.29, 0.717) is 47.8 Å². The maximum atomic E-state index is 12.7. The Balaban J connectivity index is 1.69. The van der Waals surface area contributed by atoms with Gasteiger partial charge < -0.3 is 20.4 Å².